The van der Waals surface area contributed by atoms with Crippen molar-refractivity contribution in [1.29, 1.82) is 0 Å². The van der Waals surface area contributed by atoms with E-state index in [9.17, 15) is 9.59 Å². The molecule has 0 fully saturated rings. The lowest BCUT2D eigenvalue weighted by Crippen LogP contribution is -2.27. The molecule has 0 heterocycles. The Labute approximate surface area is 83.5 Å². The molecule has 2 amide bonds. The third-order valence-electron chi connectivity index (χ3n) is 0.693. The highest BCUT2D eigenvalue weighted by Gasteiger charge is 2.12. The molecule has 0 aliphatic carbocycles. The summed E-state index contributed by atoms with van der Waals surface area (Å²) in [6, 6.07) is 0. The van der Waals surface area contributed by atoms with Gasteiger partial charge in [0.15, 0.2) is 0 Å². The zero-order chi connectivity index (χ0) is 11.8. The molecule has 0 bridgehead atoms. The fourth-order valence-corrected chi connectivity index (χ4v) is 0.444. The van der Waals surface area contributed by atoms with Crippen LogP contribution in [-0.2, 0) is 9.47 Å². The van der Waals surface area contributed by atoms with E-state index in [0.717, 1.165) is 0 Å². The highest BCUT2D eigenvalue weighted by atomic mass is 16.6. The Balaban J connectivity index is 0. The Kier molecular flexibility index (Phi) is 7.51. The summed E-state index contributed by atoms with van der Waals surface area (Å²) in [7, 11) is 0. The lowest BCUT2D eigenvalue weighted by molar-refractivity contribution is 0.0600. The van der Waals surface area contributed by atoms with Crippen molar-refractivity contribution in [3.05, 3.63) is 0 Å². The van der Waals surface area contributed by atoms with Crippen molar-refractivity contribution in [2.24, 2.45) is 11.5 Å². The molecule has 6 heteroatoms. The van der Waals surface area contributed by atoms with Gasteiger partial charge in [0.1, 0.15) is 5.60 Å². The highest BCUT2D eigenvalue weighted by molar-refractivity contribution is 5.65. The molecule has 4 N–H and O–H groups in total. The van der Waals surface area contributed by atoms with E-state index in [4.69, 9.17) is 5.73 Å². The maximum atomic E-state index is 10.0. The van der Waals surface area contributed by atoms with Crippen LogP contribution in [0.3, 0.4) is 0 Å². The van der Waals surface area contributed by atoms with Crippen molar-refractivity contribution in [1.82, 2.24) is 0 Å². The maximum Gasteiger partial charge on any atom is 0.405 e. The van der Waals surface area contributed by atoms with Crippen LogP contribution in [0.25, 0.3) is 0 Å². The van der Waals surface area contributed by atoms with Crippen molar-refractivity contribution in [2.45, 2.75) is 33.3 Å². The number of hydrogen-bond acceptors (Lipinski definition) is 4. The van der Waals surface area contributed by atoms with Gasteiger partial charge in [0, 0.05) is 0 Å². The van der Waals surface area contributed by atoms with Crippen LogP contribution < -0.4 is 11.5 Å². The zero-order valence-corrected chi connectivity index (χ0v) is 8.99. The van der Waals surface area contributed by atoms with E-state index in [-0.39, 0.29) is 0 Å². The second-order valence-electron chi connectivity index (χ2n) is 3.29. The van der Waals surface area contributed by atoms with Gasteiger partial charge in [-0.15, -0.1) is 0 Å². The Morgan fingerprint density at radius 1 is 1.14 bits per heavy atom. The van der Waals surface area contributed by atoms with Crippen LogP contribution >= 0.6 is 0 Å². The summed E-state index contributed by atoms with van der Waals surface area (Å²) in [5, 5.41) is 0. The van der Waals surface area contributed by atoms with Crippen molar-refractivity contribution in [2.75, 3.05) is 6.61 Å². The molecule has 0 atom stereocenters. The molecule has 0 rings (SSSR count). The number of ether oxygens (including phenoxy) is 2. The van der Waals surface area contributed by atoms with Crippen LogP contribution in [0.4, 0.5) is 9.59 Å². The monoisotopic (exact) mass is 206 g/mol. The third kappa shape index (κ3) is 22.4. The Bertz CT molecular complexity index is 186. The molecule has 84 valence electrons. The summed E-state index contributed by atoms with van der Waals surface area (Å²) in [6.07, 6.45) is -1.44. The van der Waals surface area contributed by atoms with E-state index in [1.807, 2.05) is 0 Å². The molecule has 0 saturated heterocycles. The molecular formula is C8H18N2O4. The summed E-state index contributed by atoms with van der Waals surface area (Å²) in [5.41, 5.74) is 8.81. The number of carbonyl (C=O) groups excluding carboxylic acids is 2. The minimum Gasteiger partial charge on any atom is -0.450 e. The van der Waals surface area contributed by atoms with Gasteiger partial charge in [-0.2, -0.15) is 0 Å². The highest BCUT2D eigenvalue weighted by Crippen LogP contribution is 2.04. The second-order valence-corrected chi connectivity index (χ2v) is 3.29. The van der Waals surface area contributed by atoms with E-state index in [0.29, 0.717) is 6.61 Å². The predicted molar refractivity (Wildman–Crippen MR) is 51.6 cm³/mol. The molecule has 0 aromatic rings. The van der Waals surface area contributed by atoms with E-state index in [2.05, 4.69) is 15.2 Å². The standard InChI is InChI=1S/C5H11NO2.C3H7NO2/c1-5(2,3)8-4(6)7;1-2-6-3(4)5/h1-3H3,(H2,6,7);2H2,1H3,(H2,4,5). The smallest absolute Gasteiger partial charge is 0.405 e. The summed E-state index contributed by atoms with van der Waals surface area (Å²) in [4.78, 5) is 19.6. The summed E-state index contributed by atoms with van der Waals surface area (Å²) < 4.78 is 8.76. The van der Waals surface area contributed by atoms with Crippen molar-refractivity contribution in [3.8, 4) is 0 Å². The summed E-state index contributed by atoms with van der Waals surface area (Å²) in [6.45, 7) is 7.34. The lowest BCUT2D eigenvalue weighted by atomic mass is 10.2. The number of nitrogens with two attached hydrogens (primary N) is 2. The molecular weight excluding hydrogens is 188 g/mol. The first-order valence-electron chi connectivity index (χ1n) is 4.09. The van der Waals surface area contributed by atoms with Gasteiger partial charge in [0.2, 0.25) is 0 Å². The predicted octanol–water partition coefficient (Wildman–Crippen LogP) is 0.982. The number of amides is 2. The van der Waals surface area contributed by atoms with Crippen LogP contribution in [0.2, 0.25) is 0 Å². The Morgan fingerprint density at radius 2 is 1.57 bits per heavy atom. The average Bonchev–Trinajstić information content (AvgIpc) is 1.80. The quantitative estimate of drug-likeness (QED) is 0.667. The average molecular weight is 206 g/mol. The van der Waals surface area contributed by atoms with Gasteiger partial charge in [-0.1, -0.05) is 0 Å². The van der Waals surface area contributed by atoms with Gasteiger partial charge < -0.3 is 20.9 Å². The fraction of sp³-hybridized carbons (Fsp3) is 0.750. The van der Waals surface area contributed by atoms with Crippen LogP contribution in [0.5, 0.6) is 0 Å². The zero-order valence-electron chi connectivity index (χ0n) is 8.99. The van der Waals surface area contributed by atoms with Crippen molar-refractivity contribution in [3.63, 3.8) is 0 Å². The second kappa shape index (κ2) is 6.99. The molecule has 0 radical (unpaired) electrons. The first-order valence-corrected chi connectivity index (χ1v) is 4.09. The van der Waals surface area contributed by atoms with Gasteiger partial charge in [-0.05, 0) is 27.7 Å². The Morgan fingerprint density at radius 3 is 1.57 bits per heavy atom. The number of hydrogen-bond donors (Lipinski definition) is 2. The van der Waals surface area contributed by atoms with Gasteiger partial charge >= 0.3 is 12.2 Å². The van der Waals surface area contributed by atoms with Gasteiger partial charge in [0.05, 0.1) is 6.61 Å². The van der Waals surface area contributed by atoms with Crippen molar-refractivity contribution >= 4 is 12.2 Å². The largest absolute Gasteiger partial charge is 0.450 e. The fourth-order valence-electron chi connectivity index (χ4n) is 0.444. The molecule has 0 aliphatic rings. The SMILES string of the molecule is CC(C)(C)OC(N)=O.CCOC(N)=O. The molecule has 0 aromatic heterocycles. The number of primary amides is 2. The van der Waals surface area contributed by atoms with Crippen molar-refractivity contribution < 1.29 is 19.1 Å². The van der Waals surface area contributed by atoms with Crippen LogP contribution in [-0.4, -0.2) is 24.4 Å². The van der Waals surface area contributed by atoms with E-state index < -0.39 is 17.8 Å². The van der Waals surface area contributed by atoms with Gasteiger partial charge in [-0.25, -0.2) is 9.59 Å². The minimum absolute atomic E-state index is 0.356. The number of rotatable bonds is 1. The molecule has 0 aliphatic heterocycles. The lowest BCUT2D eigenvalue weighted by Gasteiger charge is -2.16. The molecule has 6 nitrogen and oxygen atoms in total. The summed E-state index contributed by atoms with van der Waals surface area (Å²) >= 11 is 0. The topological polar surface area (TPSA) is 105 Å². The molecule has 0 spiro atoms. The maximum absolute atomic E-state index is 10.0. The molecule has 0 aromatic carbocycles. The van der Waals surface area contributed by atoms with Crippen LogP contribution in [0.1, 0.15) is 27.7 Å². The van der Waals surface area contributed by atoms with Gasteiger partial charge in [0.25, 0.3) is 0 Å². The molecule has 0 saturated carbocycles. The van der Waals surface area contributed by atoms with Crippen LogP contribution in [0.15, 0.2) is 0 Å². The number of carbonyl (C=O) groups is 2. The molecule has 0 unspecified atom stereocenters. The first-order chi connectivity index (χ1) is 6.19. The minimum atomic E-state index is -0.725. The normalized spacial score (nSPS) is 9.43. The Hall–Kier alpha value is -1.46. The third-order valence-corrected chi connectivity index (χ3v) is 0.693. The first kappa shape index (κ1) is 15.0. The van der Waals surface area contributed by atoms with E-state index in [1.54, 1.807) is 27.7 Å². The van der Waals surface area contributed by atoms with Crippen LogP contribution in [0, 0.1) is 0 Å². The van der Waals surface area contributed by atoms with E-state index >= 15 is 0 Å². The van der Waals surface area contributed by atoms with Gasteiger partial charge in [-0.3, -0.25) is 0 Å². The van der Waals surface area contributed by atoms with E-state index in [1.165, 1.54) is 0 Å². The molecule has 14 heavy (non-hydrogen) atoms. The summed E-state index contributed by atoms with van der Waals surface area (Å²) in [5.74, 6) is 0.